The highest BCUT2D eigenvalue weighted by Crippen LogP contribution is 2.28. The SMILES string of the molecule is C[C@@H](N)c1cccnc1Sc1ncc[nH]1. The molecule has 4 nitrogen and oxygen atoms in total. The first-order chi connectivity index (χ1) is 7.27. The third-order valence-electron chi connectivity index (χ3n) is 1.96. The van der Waals surface area contributed by atoms with Gasteiger partial charge in [-0.15, -0.1) is 0 Å². The molecular formula is C10H12N4S. The molecule has 0 aliphatic carbocycles. The van der Waals surface area contributed by atoms with Crippen LogP contribution in [0.25, 0.3) is 0 Å². The van der Waals surface area contributed by atoms with Crippen molar-refractivity contribution >= 4 is 11.8 Å². The quantitative estimate of drug-likeness (QED) is 0.830. The maximum absolute atomic E-state index is 5.86. The van der Waals surface area contributed by atoms with Crippen LogP contribution < -0.4 is 5.73 Å². The summed E-state index contributed by atoms with van der Waals surface area (Å²) in [7, 11) is 0. The minimum absolute atomic E-state index is 0.0174. The summed E-state index contributed by atoms with van der Waals surface area (Å²) in [6, 6.07) is 3.87. The second-order valence-corrected chi connectivity index (χ2v) is 4.16. The van der Waals surface area contributed by atoms with E-state index in [1.807, 2.05) is 19.1 Å². The molecule has 0 radical (unpaired) electrons. The molecule has 0 aromatic carbocycles. The van der Waals surface area contributed by atoms with Gasteiger partial charge in [-0.2, -0.15) is 0 Å². The molecule has 0 unspecified atom stereocenters. The first-order valence-electron chi connectivity index (χ1n) is 4.65. The highest BCUT2D eigenvalue weighted by Gasteiger charge is 2.09. The number of hydrogen-bond donors (Lipinski definition) is 2. The standard InChI is InChI=1S/C10H12N4S/c1-7(11)8-3-2-4-12-9(8)15-10-13-5-6-14-10/h2-7H,11H2,1H3,(H,13,14)/t7-/m1/s1. The van der Waals surface area contributed by atoms with Crippen LogP contribution in [-0.2, 0) is 0 Å². The third-order valence-corrected chi connectivity index (χ3v) is 2.91. The van der Waals surface area contributed by atoms with Gasteiger partial charge in [0.1, 0.15) is 5.03 Å². The first kappa shape index (κ1) is 10.2. The van der Waals surface area contributed by atoms with Gasteiger partial charge in [0.05, 0.1) is 0 Å². The topological polar surface area (TPSA) is 67.6 Å². The van der Waals surface area contributed by atoms with Crippen LogP contribution >= 0.6 is 11.8 Å². The summed E-state index contributed by atoms with van der Waals surface area (Å²) in [6.07, 6.45) is 5.27. The molecule has 2 aromatic rings. The monoisotopic (exact) mass is 220 g/mol. The first-order valence-corrected chi connectivity index (χ1v) is 5.47. The van der Waals surface area contributed by atoms with E-state index in [-0.39, 0.29) is 6.04 Å². The van der Waals surface area contributed by atoms with E-state index in [4.69, 9.17) is 5.73 Å². The number of hydrogen-bond acceptors (Lipinski definition) is 4. The maximum Gasteiger partial charge on any atom is 0.171 e. The molecule has 0 aliphatic rings. The fourth-order valence-corrected chi connectivity index (χ4v) is 2.14. The summed E-state index contributed by atoms with van der Waals surface area (Å²) in [5.74, 6) is 0. The number of aromatic amines is 1. The van der Waals surface area contributed by atoms with E-state index in [9.17, 15) is 0 Å². The van der Waals surface area contributed by atoms with Crippen LogP contribution in [0.3, 0.4) is 0 Å². The summed E-state index contributed by atoms with van der Waals surface area (Å²) in [4.78, 5) is 11.5. The Morgan fingerprint density at radius 2 is 2.27 bits per heavy atom. The molecule has 0 saturated carbocycles. The molecule has 0 spiro atoms. The molecule has 5 heteroatoms. The number of aromatic nitrogens is 3. The lowest BCUT2D eigenvalue weighted by Crippen LogP contribution is -2.07. The maximum atomic E-state index is 5.86. The number of pyridine rings is 1. The zero-order chi connectivity index (χ0) is 10.7. The van der Waals surface area contributed by atoms with Gasteiger partial charge < -0.3 is 10.7 Å². The second kappa shape index (κ2) is 4.46. The predicted molar refractivity (Wildman–Crippen MR) is 59.6 cm³/mol. The van der Waals surface area contributed by atoms with Gasteiger partial charge in [0, 0.05) is 30.2 Å². The van der Waals surface area contributed by atoms with Crippen molar-refractivity contribution in [1.29, 1.82) is 0 Å². The Balaban J connectivity index is 2.28. The lowest BCUT2D eigenvalue weighted by molar-refractivity contribution is 0.778. The van der Waals surface area contributed by atoms with Crippen molar-refractivity contribution < 1.29 is 0 Å². The number of nitrogens with two attached hydrogens (primary N) is 1. The molecule has 0 saturated heterocycles. The summed E-state index contributed by atoms with van der Waals surface area (Å²) in [5, 5.41) is 1.73. The highest BCUT2D eigenvalue weighted by atomic mass is 32.2. The highest BCUT2D eigenvalue weighted by molar-refractivity contribution is 7.99. The molecule has 2 rings (SSSR count). The fourth-order valence-electron chi connectivity index (χ4n) is 1.23. The zero-order valence-corrected chi connectivity index (χ0v) is 9.16. The Morgan fingerprint density at radius 3 is 2.93 bits per heavy atom. The molecule has 0 aliphatic heterocycles. The van der Waals surface area contributed by atoms with Crippen LogP contribution in [0.5, 0.6) is 0 Å². The van der Waals surface area contributed by atoms with Crippen molar-refractivity contribution in [2.24, 2.45) is 5.73 Å². The van der Waals surface area contributed by atoms with Crippen LogP contribution in [0.4, 0.5) is 0 Å². The minimum atomic E-state index is -0.0174. The van der Waals surface area contributed by atoms with Gasteiger partial charge >= 0.3 is 0 Å². The zero-order valence-electron chi connectivity index (χ0n) is 8.34. The summed E-state index contributed by atoms with van der Waals surface area (Å²) >= 11 is 1.49. The van der Waals surface area contributed by atoms with E-state index in [2.05, 4.69) is 15.0 Å². The van der Waals surface area contributed by atoms with Gasteiger partial charge in [-0.3, -0.25) is 0 Å². The van der Waals surface area contributed by atoms with Crippen LogP contribution in [0.1, 0.15) is 18.5 Å². The smallest absolute Gasteiger partial charge is 0.171 e. The number of nitrogens with zero attached hydrogens (tertiary/aromatic N) is 2. The van der Waals surface area contributed by atoms with Gasteiger partial charge in [-0.1, -0.05) is 6.07 Å². The van der Waals surface area contributed by atoms with E-state index < -0.39 is 0 Å². The molecule has 15 heavy (non-hydrogen) atoms. The Labute approximate surface area is 92.3 Å². The van der Waals surface area contributed by atoms with E-state index in [1.54, 1.807) is 18.6 Å². The van der Waals surface area contributed by atoms with E-state index in [0.717, 1.165) is 15.7 Å². The Hall–Kier alpha value is -1.33. The summed E-state index contributed by atoms with van der Waals surface area (Å²) in [5.41, 5.74) is 6.90. The molecule has 0 fully saturated rings. The fraction of sp³-hybridized carbons (Fsp3) is 0.200. The van der Waals surface area contributed by atoms with Gasteiger partial charge in [0.2, 0.25) is 0 Å². The Bertz CT molecular complexity index is 425. The lowest BCUT2D eigenvalue weighted by Gasteiger charge is -2.09. The van der Waals surface area contributed by atoms with Gasteiger partial charge in [-0.25, -0.2) is 9.97 Å². The van der Waals surface area contributed by atoms with Gasteiger partial charge in [0.15, 0.2) is 5.16 Å². The molecule has 2 heterocycles. The number of rotatable bonds is 3. The van der Waals surface area contributed by atoms with E-state index in [0.29, 0.717) is 0 Å². The molecule has 0 amide bonds. The summed E-state index contributed by atoms with van der Waals surface area (Å²) in [6.45, 7) is 1.95. The van der Waals surface area contributed by atoms with Crippen LogP contribution in [0.15, 0.2) is 40.9 Å². The normalized spacial score (nSPS) is 12.7. The Kier molecular flexibility index (Phi) is 3.03. The largest absolute Gasteiger partial charge is 0.339 e. The molecule has 3 N–H and O–H groups in total. The number of nitrogens with one attached hydrogen (secondary N) is 1. The minimum Gasteiger partial charge on any atom is -0.339 e. The van der Waals surface area contributed by atoms with Crippen molar-refractivity contribution in [3.8, 4) is 0 Å². The average molecular weight is 220 g/mol. The molecule has 0 bridgehead atoms. The lowest BCUT2D eigenvalue weighted by atomic mass is 10.2. The molecular weight excluding hydrogens is 208 g/mol. The van der Waals surface area contributed by atoms with Crippen molar-refractivity contribution in [3.05, 3.63) is 36.3 Å². The van der Waals surface area contributed by atoms with Crippen molar-refractivity contribution in [1.82, 2.24) is 15.0 Å². The van der Waals surface area contributed by atoms with Crippen LogP contribution in [0, 0.1) is 0 Å². The third kappa shape index (κ3) is 2.37. The van der Waals surface area contributed by atoms with Crippen molar-refractivity contribution in [2.45, 2.75) is 23.1 Å². The van der Waals surface area contributed by atoms with Crippen LogP contribution in [-0.4, -0.2) is 15.0 Å². The number of H-pyrrole nitrogens is 1. The van der Waals surface area contributed by atoms with Crippen molar-refractivity contribution in [2.75, 3.05) is 0 Å². The predicted octanol–water partition coefficient (Wildman–Crippen LogP) is 1.98. The van der Waals surface area contributed by atoms with E-state index in [1.165, 1.54) is 11.8 Å². The van der Waals surface area contributed by atoms with Crippen molar-refractivity contribution in [3.63, 3.8) is 0 Å². The Morgan fingerprint density at radius 1 is 1.40 bits per heavy atom. The molecule has 78 valence electrons. The van der Waals surface area contributed by atoms with Gasteiger partial charge in [0.25, 0.3) is 0 Å². The number of imidazole rings is 1. The van der Waals surface area contributed by atoms with E-state index >= 15 is 0 Å². The molecule has 2 aromatic heterocycles. The summed E-state index contributed by atoms with van der Waals surface area (Å²) < 4.78 is 0. The average Bonchev–Trinajstić information content (AvgIpc) is 2.71. The second-order valence-electron chi connectivity index (χ2n) is 3.18. The van der Waals surface area contributed by atoms with Gasteiger partial charge in [-0.05, 0) is 24.8 Å². The molecule has 1 atom stereocenters. The van der Waals surface area contributed by atoms with Crippen LogP contribution in [0.2, 0.25) is 0 Å².